The molecular weight excluding hydrogens is 236 g/mol. The third kappa shape index (κ3) is 4.36. The molecule has 0 amide bonds. The summed E-state index contributed by atoms with van der Waals surface area (Å²) in [5.41, 5.74) is 1.26. The molecule has 1 aliphatic carbocycles. The van der Waals surface area contributed by atoms with E-state index >= 15 is 0 Å². The lowest BCUT2D eigenvalue weighted by molar-refractivity contribution is 0.185. The summed E-state index contributed by atoms with van der Waals surface area (Å²) in [7, 11) is 0. The van der Waals surface area contributed by atoms with E-state index in [1.54, 1.807) is 0 Å². The van der Waals surface area contributed by atoms with Crippen molar-refractivity contribution in [2.24, 2.45) is 0 Å². The van der Waals surface area contributed by atoms with E-state index < -0.39 is 0 Å². The van der Waals surface area contributed by atoms with Crippen molar-refractivity contribution in [3.63, 3.8) is 0 Å². The lowest BCUT2D eigenvalue weighted by atomic mass is 10.2. The summed E-state index contributed by atoms with van der Waals surface area (Å²) < 4.78 is 5.71. The largest absolute Gasteiger partial charge is 0.468 e. The van der Waals surface area contributed by atoms with Crippen molar-refractivity contribution in [3.8, 4) is 0 Å². The Hall–Kier alpha value is -0.800. The summed E-state index contributed by atoms with van der Waals surface area (Å²) in [5.74, 6) is 1.11. The van der Waals surface area contributed by atoms with Gasteiger partial charge < -0.3 is 9.73 Å². The first-order chi connectivity index (χ1) is 9.19. The van der Waals surface area contributed by atoms with E-state index in [0.717, 1.165) is 31.4 Å². The topological polar surface area (TPSA) is 28.4 Å². The van der Waals surface area contributed by atoms with Crippen molar-refractivity contribution in [3.05, 3.63) is 23.7 Å². The van der Waals surface area contributed by atoms with Gasteiger partial charge in [0.05, 0.1) is 12.8 Å². The Balaban J connectivity index is 1.87. The van der Waals surface area contributed by atoms with Crippen LogP contribution in [0.3, 0.4) is 0 Å². The molecule has 1 aliphatic rings. The molecule has 1 aromatic rings. The van der Waals surface area contributed by atoms with Gasteiger partial charge in [0, 0.05) is 24.2 Å². The van der Waals surface area contributed by atoms with E-state index in [9.17, 15) is 0 Å². The summed E-state index contributed by atoms with van der Waals surface area (Å²) >= 11 is 0. The quantitative estimate of drug-likeness (QED) is 0.816. The highest BCUT2D eigenvalue weighted by molar-refractivity contribution is 5.12. The maximum absolute atomic E-state index is 5.71. The molecule has 1 aromatic heterocycles. The summed E-state index contributed by atoms with van der Waals surface area (Å²) in [6.07, 6.45) is 7.39. The number of nitrogens with one attached hydrogen (secondary N) is 1. The monoisotopic (exact) mass is 264 g/mol. The van der Waals surface area contributed by atoms with E-state index in [1.165, 1.54) is 31.2 Å². The average molecular weight is 264 g/mol. The molecule has 0 spiro atoms. The minimum Gasteiger partial charge on any atom is -0.468 e. The molecule has 0 radical (unpaired) electrons. The van der Waals surface area contributed by atoms with Crippen LogP contribution in [0.25, 0.3) is 0 Å². The number of hydrogen-bond donors (Lipinski definition) is 1. The summed E-state index contributed by atoms with van der Waals surface area (Å²) in [6, 6.07) is 3.49. The van der Waals surface area contributed by atoms with Gasteiger partial charge in [-0.05, 0) is 25.5 Å². The summed E-state index contributed by atoms with van der Waals surface area (Å²) in [5, 5.41) is 3.42. The Morgan fingerprint density at radius 3 is 2.74 bits per heavy atom. The van der Waals surface area contributed by atoms with E-state index in [4.69, 9.17) is 4.42 Å². The molecular formula is C16H28N2O. The number of furan rings is 1. The Morgan fingerprint density at radius 2 is 2.11 bits per heavy atom. The predicted octanol–water partition coefficient (Wildman–Crippen LogP) is 3.54. The zero-order valence-corrected chi connectivity index (χ0v) is 12.6. The van der Waals surface area contributed by atoms with Gasteiger partial charge in [0.25, 0.3) is 0 Å². The molecule has 0 aliphatic heterocycles. The van der Waals surface area contributed by atoms with Crippen molar-refractivity contribution < 1.29 is 4.42 Å². The highest BCUT2D eigenvalue weighted by Gasteiger charge is 2.22. The van der Waals surface area contributed by atoms with E-state index in [1.807, 2.05) is 6.26 Å². The van der Waals surface area contributed by atoms with Gasteiger partial charge in [0.1, 0.15) is 5.76 Å². The van der Waals surface area contributed by atoms with E-state index in [2.05, 4.69) is 37.1 Å². The van der Waals surface area contributed by atoms with Crippen LogP contribution in [0.15, 0.2) is 16.7 Å². The molecule has 0 unspecified atom stereocenters. The van der Waals surface area contributed by atoms with Crippen LogP contribution < -0.4 is 5.32 Å². The molecule has 19 heavy (non-hydrogen) atoms. The Morgan fingerprint density at radius 1 is 1.37 bits per heavy atom. The predicted molar refractivity (Wildman–Crippen MR) is 79.0 cm³/mol. The van der Waals surface area contributed by atoms with Gasteiger partial charge in [0.15, 0.2) is 0 Å². The smallest absolute Gasteiger partial charge is 0.118 e. The molecule has 1 saturated carbocycles. The van der Waals surface area contributed by atoms with Crippen LogP contribution in [-0.4, -0.2) is 23.5 Å². The van der Waals surface area contributed by atoms with Gasteiger partial charge in [-0.2, -0.15) is 0 Å². The molecule has 0 aromatic carbocycles. The van der Waals surface area contributed by atoms with Crippen LogP contribution in [0, 0.1) is 0 Å². The second-order valence-corrected chi connectivity index (χ2v) is 5.96. The van der Waals surface area contributed by atoms with Crippen molar-refractivity contribution in [2.75, 3.05) is 6.54 Å². The lowest BCUT2D eigenvalue weighted by Crippen LogP contribution is -2.32. The Kier molecular flexibility index (Phi) is 5.46. The second kappa shape index (κ2) is 7.11. The zero-order chi connectivity index (χ0) is 13.7. The Bertz CT molecular complexity index is 367. The molecule has 2 rings (SSSR count). The zero-order valence-electron chi connectivity index (χ0n) is 12.6. The fourth-order valence-corrected chi connectivity index (χ4v) is 2.89. The first kappa shape index (κ1) is 14.6. The van der Waals surface area contributed by atoms with Gasteiger partial charge in [-0.25, -0.2) is 0 Å². The Labute approximate surface area is 117 Å². The van der Waals surface area contributed by atoms with Crippen LogP contribution in [0.1, 0.15) is 57.8 Å². The first-order valence-electron chi connectivity index (χ1n) is 7.72. The molecule has 1 heterocycles. The molecule has 1 N–H and O–H groups in total. The van der Waals surface area contributed by atoms with Gasteiger partial charge >= 0.3 is 0 Å². The standard InChI is InChI=1S/C16H28N2O/c1-4-18(15-7-5-6-8-15)11-16-9-14(12-19-16)10-17-13(2)3/h9,12-13,15,17H,4-8,10-11H2,1-3H3. The molecule has 108 valence electrons. The van der Waals surface area contributed by atoms with Crippen molar-refractivity contribution in [1.82, 2.24) is 10.2 Å². The van der Waals surface area contributed by atoms with Crippen molar-refractivity contribution in [1.29, 1.82) is 0 Å². The maximum Gasteiger partial charge on any atom is 0.118 e. The third-order valence-corrected chi connectivity index (χ3v) is 4.03. The average Bonchev–Trinajstić information content (AvgIpc) is 3.05. The van der Waals surface area contributed by atoms with Crippen LogP contribution >= 0.6 is 0 Å². The number of nitrogens with zero attached hydrogens (tertiary/aromatic N) is 1. The van der Waals surface area contributed by atoms with Crippen LogP contribution in [-0.2, 0) is 13.1 Å². The fraction of sp³-hybridized carbons (Fsp3) is 0.750. The van der Waals surface area contributed by atoms with Gasteiger partial charge in [-0.1, -0.05) is 33.6 Å². The summed E-state index contributed by atoms with van der Waals surface area (Å²) in [6.45, 7) is 9.56. The van der Waals surface area contributed by atoms with E-state index in [-0.39, 0.29) is 0 Å². The second-order valence-electron chi connectivity index (χ2n) is 5.96. The molecule has 0 bridgehead atoms. The number of rotatable bonds is 7. The molecule has 0 saturated heterocycles. The molecule has 3 nitrogen and oxygen atoms in total. The normalized spacial score (nSPS) is 16.9. The van der Waals surface area contributed by atoms with Crippen LogP contribution in [0.5, 0.6) is 0 Å². The lowest BCUT2D eigenvalue weighted by Gasteiger charge is -2.26. The maximum atomic E-state index is 5.71. The van der Waals surface area contributed by atoms with Gasteiger partial charge in [-0.3, -0.25) is 4.90 Å². The summed E-state index contributed by atoms with van der Waals surface area (Å²) in [4.78, 5) is 2.56. The molecule has 0 atom stereocenters. The van der Waals surface area contributed by atoms with Gasteiger partial charge in [0.2, 0.25) is 0 Å². The van der Waals surface area contributed by atoms with Crippen molar-refractivity contribution in [2.45, 2.75) is 71.6 Å². The minimum atomic E-state index is 0.518. The SMILES string of the molecule is CCN(Cc1cc(CNC(C)C)co1)C1CCCC1. The molecule has 1 fully saturated rings. The number of hydrogen-bond acceptors (Lipinski definition) is 3. The van der Waals surface area contributed by atoms with Gasteiger partial charge in [-0.15, -0.1) is 0 Å². The van der Waals surface area contributed by atoms with Crippen molar-refractivity contribution >= 4 is 0 Å². The highest BCUT2D eigenvalue weighted by Crippen LogP contribution is 2.25. The highest BCUT2D eigenvalue weighted by atomic mass is 16.3. The first-order valence-corrected chi connectivity index (χ1v) is 7.72. The molecule has 3 heteroatoms. The van der Waals surface area contributed by atoms with Crippen LogP contribution in [0.2, 0.25) is 0 Å². The fourth-order valence-electron chi connectivity index (χ4n) is 2.89. The van der Waals surface area contributed by atoms with Crippen LogP contribution in [0.4, 0.5) is 0 Å². The minimum absolute atomic E-state index is 0.518. The van der Waals surface area contributed by atoms with E-state index in [0.29, 0.717) is 6.04 Å². The third-order valence-electron chi connectivity index (χ3n) is 4.03.